The summed E-state index contributed by atoms with van der Waals surface area (Å²) in [6.45, 7) is 4.00. The van der Waals surface area contributed by atoms with Gasteiger partial charge in [0.1, 0.15) is 0 Å². The molecule has 0 heterocycles. The average Bonchev–Trinajstić information content (AvgIpc) is 2.85. The molecule has 1 saturated carbocycles. The Morgan fingerprint density at radius 3 is 2.32 bits per heavy atom. The third-order valence-electron chi connectivity index (χ3n) is 5.44. The molecule has 1 aliphatic rings. The van der Waals surface area contributed by atoms with Gasteiger partial charge in [-0.15, -0.1) is 0 Å². The zero-order chi connectivity index (χ0) is 20.9. The molecule has 6 nitrogen and oxygen atoms in total. The quantitative estimate of drug-likeness (QED) is 0.651. The van der Waals surface area contributed by atoms with Crippen molar-refractivity contribution in [3.8, 4) is 0 Å². The van der Waals surface area contributed by atoms with E-state index in [-0.39, 0.29) is 33.0 Å². The molecule has 8 heteroatoms. The number of halogens is 1. The number of rotatable bonds is 7. The molecule has 2 N–H and O–H groups in total. The molecular weight excluding hydrogens is 398 g/mol. The van der Waals surface area contributed by atoms with Gasteiger partial charge in [0.05, 0.1) is 15.5 Å². The van der Waals surface area contributed by atoms with Crippen LogP contribution in [0.4, 0.5) is 0 Å². The second-order valence-corrected chi connectivity index (χ2v) is 10.3. The molecule has 0 bridgehead atoms. The van der Waals surface area contributed by atoms with Gasteiger partial charge in [0.15, 0.2) is 0 Å². The van der Waals surface area contributed by atoms with E-state index in [0.29, 0.717) is 6.54 Å². The standard InChI is InChI=1S/C20H32ClN3O3S/c1-15(2)23-28(26,27)16-9-10-18(21)17(13-16)19(25)22-14-20(24(3)4)11-7-5-6-8-12-20/h9-10,13,15,23H,5-8,11-12,14H2,1-4H3,(H,22,25). The Kier molecular flexibility index (Phi) is 7.90. The minimum Gasteiger partial charge on any atom is -0.350 e. The summed E-state index contributed by atoms with van der Waals surface area (Å²) in [5, 5.41) is 3.24. The van der Waals surface area contributed by atoms with Gasteiger partial charge in [0.2, 0.25) is 10.0 Å². The molecule has 0 aromatic heterocycles. The lowest BCUT2D eigenvalue weighted by Gasteiger charge is -2.39. The summed E-state index contributed by atoms with van der Waals surface area (Å²) in [7, 11) is 0.407. The molecule has 0 aliphatic heterocycles. The van der Waals surface area contributed by atoms with Crippen molar-refractivity contribution < 1.29 is 13.2 Å². The van der Waals surface area contributed by atoms with Crippen molar-refractivity contribution in [3.05, 3.63) is 28.8 Å². The van der Waals surface area contributed by atoms with E-state index in [1.165, 1.54) is 31.0 Å². The van der Waals surface area contributed by atoms with E-state index in [2.05, 4.69) is 29.0 Å². The first-order valence-corrected chi connectivity index (χ1v) is 11.7. The molecule has 1 amide bonds. The van der Waals surface area contributed by atoms with Crippen LogP contribution < -0.4 is 10.0 Å². The van der Waals surface area contributed by atoms with E-state index in [9.17, 15) is 13.2 Å². The van der Waals surface area contributed by atoms with E-state index in [1.807, 2.05) is 0 Å². The summed E-state index contributed by atoms with van der Waals surface area (Å²) in [6, 6.07) is 3.97. The van der Waals surface area contributed by atoms with Gasteiger partial charge in [0.25, 0.3) is 5.91 Å². The largest absolute Gasteiger partial charge is 0.350 e. The van der Waals surface area contributed by atoms with Crippen molar-refractivity contribution in [2.45, 2.75) is 68.8 Å². The minimum atomic E-state index is -3.69. The number of sulfonamides is 1. The van der Waals surface area contributed by atoms with Gasteiger partial charge in [0, 0.05) is 18.1 Å². The van der Waals surface area contributed by atoms with E-state index < -0.39 is 10.0 Å². The van der Waals surface area contributed by atoms with Gasteiger partial charge >= 0.3 is 0 Å². The van der Waals surface area contributed by atoms with E-state index in [0.717, 1.165) is 25.7 Å². The average molecular weight is 430 g/mol. The van der Waals surface area contributed by atoms with Crippen LogP contribution in [-0.4, -0.2) is 51.4 Å². The van der Waals surface area contributed by atoms with Crippen molar-refractivity contribution in [2.75, 3.05) is 20.6 Å². The normalized spacial score (nSPS) is 17.5. The fourth-order valence-corrected chi connectivity index (χ4v) is 5.21. The maximum absolute atomic E-state index is 12.8. The first kappa shape index (κ1) is 23.1. The van der Waals surface area contributed by atoms with Crippen molar-refractivity contribution in [3.63, 3.8) is 0 Å². The summed E-state index contributed by atoms with van der Waals surface area (Å²) in [5.41, 5.74) is 0.0949. The number of likely N-dealkylation sites (N-methyl/N-ethyl adjacent to an activating group) is 1. The predicted octanol–water partition coefficient (Wildman–Crippen LogP) is 3.41. The molecular formula is C20H32ClN3O3S. The zero-order valence-corrected chi connectivity index (χ0v) is 18.8. The predicted molar refractivity (Wildman–Crippen MR) is 113 cm³/mol. The SMILES string of the molecule is CC(C)NS(=O)(=O)c1ccc(Cl)c(C(=O)NCC2(N(C)C)CCCCCC2)c1. The Bertz CT molecular complexity index is 786. The zero-order valence-electron chi connectivity index (χ0n) is 17.2. The number of nitrogens with one attached hydrogen (secondary N) is 2. The highest BCUT2D eigenvalue weighted by molar-refractivity contribution is 7.89. The van der Waals surface area contributed by atoms with Crippen LogP contribution >= 0.6 is 11.6 Å². The van der Waals surface area contributed by atoms with Crippen LogP contribution in [0.15, 0.2) is 23.1 Å². The fourth-order valence-electron chi connectivity index (χ4n) is 3.73. The molecule has 158 valence electrons. The Hall–Kier alpha value is -1.15. The maximum Gasteiger partial charge on any atom is 0.252 e. The number of carbonyl (C=O) groups excluding carboxylic acids is 1. The molecule has 0 radical (unpaired) electrons. The third-order valence-corrected chi connectivity index (χ3v) is 7.43. The number of amides is 1. The van der Waals surface area contributed by atoms with Crippen LogP contribution in [0.25, 0.3) is 0 Å². The lowest BCUT2D eigenvalue weighted by atomic mass is 9.88. The summed E-state index contributed by atoms with van der Waals surface area (Å²) < 4.78 is 27.4. The van der Waals surface area contributed by atoms with Crippen LogP contribution in [0.2, 0.25) is 5.02 Å². The lowest BCUT2D eigenvalue weighted by molar-refractivity contribution is 0.0869. The van der Waals surface area contributed by atoms with E-state index in [1.54, 1.807) is 13.8 Å². The van der Waals surface area contributed by atoms with Crippen LogP contribution in [0.1, 0.15) is 62.7 Å². The van der Waals surface area contributed by atoms with Crippen LogP contribution in [-0.2, 0) is 10.0 Å². The second-order valence-electron chi connectivity index (χ2n) is 8.13. The Morgan fingerprint density at radius 2 is 1.79 bits per heavy atom. The van der Waals surface area contributed by atoms with Crippen LogP contribution in [0.3, 0.4) is 0 Å². The monoisotopic (exact) mass is 429 g/mol. The molecule has 0 saturated heterocycles. The summed E-state index contributed by atoms with van der Waals surface area (Å²) in [6.07, 6.45) is 6.78. The van der Waals surface area contributed by atoms with Gasteiger partial charge in [-0.1, -0.05) is 37.3 Å². The van der Waals surface area contributed by atoms with Gasteiger partial charge in [-0.2, -0.15) is 0 Å². The summed E-state index contributed by atoms with van der Waals surface area (Å²) in [5.74, 6) is -0.350. The van der Waals surface area contributed by atoms with E-state index in [4.69, 9.17) is 11.6 Å². The molecule has 1 aliphatic carbocycles. The molecule has 0 atom stereocenters. The second kappa shape index (κ2) is 9.57. The molecule has 0 unspecified atom stereocenters. The maximum atomic E-state index is 12.8. The molecule has 2 rings (SSSR count). The molecule has 1 aromatic carbocycles. The fraction of sp³-hybridized carbons (Fsp3) is 0.650. The van der Waals surface area contributed by atoms with Crippen LogP contribution in [0.5, 0.6) is 0 Å². The van der Waals surface area contributed by atoms with Gasteiger partial charge in [-0.25, -0.2) is 13.1 Å². The highest BCUT2D eigenvalue weighted by Crippen LogP contribution is 2.31. The topological polar surface area (TPSA) is 78.5 Å². The highest BCUT2D eigenvalue weighted by Gasteiger charge is 2.33. The summed E-state index contributed by atoms with van der Waals surface area (Å²) >= 11 is 6.21. The smallest absolute Gasteiger partial charge is 0.252 e. The van der Waals surface area contributed by atoms with Gasteiger partial charge < -0.3 is 10.2 Å². The van der Waals surface area contributed by atoms with Crippen molar-refractivity contribution >= 4 is 27.5 Å². The number of carbonyl (C=O) groups is 1. The minimum absolute atomic E-state index is 0.0348. The van der Waals surface area contributed by atoms with Crippen molar-refractivity contribution in [2.24, 2.45) is 0 Å². The molecule has 1 fully saturated rings. The van der Waals surface area contributed by atoms with Crippen molar-refractivity contribution in [1.82, 2.24) is 14.9 Å². The number of benzene rings is 1. The Labute approximate surface area is 174 Å². The molecule has 1 aromatic rings. The Morgan fingerprint density at radius 1 is 1.18 bits per heavy atom. The molecule has 0 spiro atoms. The number of nitrogens with zero attached hydrogens (tertiary/aromatic N) is 1. The first-order chi connectivity index (χ1) is 13.1. The number of hydrogen-bond acceptors (Lipinski definition) is 4. The third kappa shape index (κ3) is 5.69. The van der Waals surface area contributed by atoms with Crippen molar-refractivity contribution in [1.29, 1.82) is 0 Å². The highest BCUT2D eigenvalue weighted by atomic mass is 35.5. The van der Waals surface area contributed by atoms with Gasteiger partial charge in [-0.05, 0) is 59.0 Å². The van der Waals surface area contributed by atoms with Gasteiger partial charge in [-0.3, -0.25) is 4.79 Å². The summed E-state index contributed by atoms with van der Waals surface area (Å²) in [4.78, 5) is 15.1. The Balaban J connectivity index is 2.20. The first-order valence-electron chi connectivity index (χ1n) is 9.85. The van der Waals surface area contributed by atoms with Crippen LogP contribution in [0, 0.1) is 0 Å². The lowest BCUT2D eigenvalue weighted by Crippen LogP contribution is -2.52. The van der Waals surface area contributed by atoms with E-state index >= 15 is 0 Å². The number of hydrogen-bond donors (Lipinski definition) is 2. The molecule has 28 heavy (non-hydrogen) atoms.